The van der Waals surface area contributed by atoms with E-state index in [-0.39, 0.29) is 23.3 Å². The van der Waals surface area contributed by atoms with Crippen LogP contribution in [-0.4, -0.2) is 31.4 Å². The molecule has 2 heterocycles. The van der Waals surface area contributed by atoms with Crippen LogP contribution in [0.2, 0.25) is 5.02 Å². The molecule has 0 saturated carbocycles. The Morgan fingerprint density at radius 1 is 1.21 bits per heavy atom. The fourth-order valence-electron chi connectivity index (χ4n) is 2.96. The Labute approximate surface area is 209 Å². The predicted molar refractivity (Wildman–Crippen MR) is 133 cm³/mol. The van der Waals surface area contributed by atoms with Gasteiger partial charge in [0.1, 0.15) is 18.2 Å². The second kappa shape index (κ2) is 10.5. The summed E-state index contributed by atoms with van der Waals surface area (Å²) in [6.45, 7) is 4.25. The number of hydrogen-bond acceptors (Lipinski definition) is 7. The van der Waals surface area contributed by atoms with Gasteiger partial charge < -0.3 is 14.6 Å². The number of nitrogens with one attached hydrogen (secondary N) is 1. The largest absolute Gasteiger partial charge is 0.486 e. The second-order valence-electron chi connectivity index (χ2n) is 7.50. The molecule has 0 unspecified atom stereocenters. The molecule has 0 fully saturated rings. The Morgan fingerprint density at radius 3 is 2.79 bits per heavy atom. The van der Waals surface area contributed by atoms with E-state index in [4.69, 9.17) is 16.3 Å². The lowest BCUT2D eigenvalue weighted by Gasteiger charge is -2.07. The highest BCUT2D eigenvalue weighted by Crippen LogP contribution is 2.27. The summed E-state index contributed by atoms with van der Waals surface area (Å²) in [6, 6.07) is 10.3. The standard InChI is InChI=1S/C23H21ClFN5O2S2/c1-13-4-5-15(8-14(13)2)19-11-33-22(26-19)27-21(31)12-34-23-29-28-20(30(23)3)10-32-16-6-7-18(25)17(24)9-16/h4-9,11H,10,12H2,1-3H3,(H,26,27,31). The van der Waals surface area contributed by atoms with Gasteiger partial charge >= 0.3 is 0 Å². The number of carbonyl (C=O) groups is 1. The highest BCUT2D eigenvalue weighted by Gasteiger charge is 2.14. The van der Waals surface area contributed by atoms with Crippen molar-refractivity contribution < 1.29 is 13.9 Å². The van der Waals surface area contributed by atoms with Crippen LogP contribution in [0.15, 0.2) is 46.9 Å². The number of thiazole rings is 1. The Kier molecular flexibility index (Phi) is 7.50. The lowest BCUT2D eigenvalue weighted by Crippen LogP contribution is -2.14. The Hall–Kier alpha value is -2.95. The Bertz CT molecular complexity index is 1340. The zero-order valence-corrected chi connectivity index (χ0v) is 21.0. The smallest absolute Gasteiger partial charge is 0.236 e. The van der Waals surface area contributed by atoms with Crippen LogP contribution in [0.3, 0.4) is 0 Å². The minimum Gasteiger partial charge on any atom is -0.486 e. The van der Waals surface area contributed by atoms with Crippen LogP contribution in [0.5, 0.6) is 5.75 Å². The quantitative estimate of drug-likeness (QED) is 0.304. The van der Waals surface area contributed by atoms with Crippen molar-refractivity contribution in [2.45, 2.75) is 25.6 Å². The molecular formula is C23H21ClFN5O2S2. The van der Waals surface area contributed by atoms with Crippen LogP contribution in [0, 0.1) is 19.7 Å². The minimum absolute atomic E-state index is 0.0148. The van der Waals surface area contributed by atoms with Gasteiger partial charge in [0, 0.05) is 24.1 Å². The molecule has 0 aliphatic rings. The number of aryl methyl sites for hydroxylation is 2. The minimum atomic E-state index is -0.510. The summed E-state index contributed by atoms with van der Waals surface area (Å²) < 4.78 is 20.6. The summed E-state index contributed by atoms with van der Waals surface area (Å²) in [5, 5.41) is 14.1. The average molecular weight is 518 g/mol. The first kappa shape index (κ1) is 24.2. The first-order chi connectivity index (χ1) is 16.3. The van der Waals surface area contributed by atoms with Gasteiger partial charge in [-0.2, -0.15) is 0 Å². The number of nitrogens with zero attached hydrogens (tertiary/aromatic N) is 4. The molecule has 2 aromatic heterocycles. The van der Waals surface area contributed by atoms with Gasteiger partial charge in [-0.1, -0.05) is 35.5 Å². The first-order valence-corrected chi connectivity index (χ1v) is 12.5. The van der Waals surface area contributed by atoms with E-state index in [1.807, 2.05) is 11.4 Å². The van der Waals surface area contributed by atoms with E-state index in [0.717, 1.165) is 11.3 Å². The predicted octanol–water partition coefficient (Wildman–Crippen LogP) is 5.66. The van der Waals surface area contributed by atoms with Crippen molar-refractivity contribution in [1.82, 2.24) is 19.7 Å². The number of amides is 1. The fourth-order valence-corrected chi connectivity index (χ4v) is 4.60. The van der Waals surface area contributed by atoms with Gasteiger partial charge in [0.15, 0.2) is 16.1 Å². The lowest BCUT2D eigenvalue weighted by molar-refractivity contribution is -0.113. The maximum atomic E-state index is 13.3. The van der Waals surface area contributed by atoms with E-state index in [0.29, 0.717) is 21.9 Å². The molecule has 34 heavy (non-hydrogen) atoms. The number of carbonyl (C=O) groups excluding carboxylic acids is 1. The van der Waals surface area contributed by atoms with E-state index in [9.17, 15) is 9.18 Å². The summed E-state index contributed by atoms with van der Waals surface area (Å²) in [6.07, 6.45) is 0. The monoisotopic (exact) mass is 517 g/mol. The molecule has 0 radical (unpaired) electrons. The molecular weight excluding hydrogens is 497 g/mol. The molecule has 0 aliphatic carbocycles. The Morgan fingerprint density at radius 2 is 2.03 bits per heavy atom. The SMILES string of the molecule is Cc1ccc(-c2csc(NC(=O)CSc3nnc(COc4ccc(F)c(Cl)c4)n3C)n2)cc1C. The highest BCUT2D eigenvalue weighted by molar-refractivity contribution is 7.99. The zero-order chi connectivity index (χ0) is 24.2. The van der Waals surface area contributed by atoms with E-state index >= 15 is 0 Å². The molecule has 2 aromatic carbocycles. The molecule has 11 heteroatoms. The van der Waals surface area contributed by atoms with Crippen LogP contribution in [0.25, 0.3) is 11.3 Å². The third kappa shape index (κ3) is 5.75. The van der Waals surface area contributed by atoms with Crippen molar-refractivity contribution >= 4 is 45.7 Å². The molecule has 0 aliphatic heterocycles. The molecule has 4 aromatic rings. The lowest BCUT2D eigenvalue weighted by atomic mass is 10.1. The maximum Gasteiger partial charge on any atom is 0.236 e. The molecule has 176 valence electrons. The summed E-state index contributed by atoms with van der Waals surface area (Å²) >= 11 is 8.41. The number of rotatable bonds is 8. The van der Waals surface area contributed by atoms with Gasteiger partial charge in [-0.05, 0) is 43.2 Å². The molecule has 0 spiro atoms. The molecule has 0 bridgehead atoms. The van der Waals surface area contributed by atoms with Gasteiger partial charge in [0.05, 0.1) is 16.5 Å². The second-order valence-corrected chi connectivity index (χ2v) is 9.70. The molecule has 4 rings (SSSR count). The van der Waals surface area contributed by atoms with Crippen LogP contribution >= 0.6 is 34.7 Å². The van der Waals surface area contributed by atoms with Gasteiger partial charge in [-0.3, -0.25) is 4.79 Å². The van der Waals surface area contributed by atoms with E-state index < -0.39 is 5.82 Å². The van der Waals surface area contributed by atoms with Gasteiger partial charge in [-0.25, -0.2) is 9.37 Å². The number of anilines is 1. The molecule has 1 N–H and O–H groups in total. The van der Waals surface area contributed by atoms with Crippen molar-refractivity contribution in [3.05, 3.63) is 69.6 Å². The van der Waals surface area contributed by atoms with Crippen molar-refractivity contribution in [1.29, 1.82) is 0 Å². The summed E-state index contributed by atoms with van der Waals surface area (Å²) in [5.41, 5.74) is 4.27. The van der Waals surface area contributed by atoms with Gasteiger partial charge in [0.25, 0.3) is 0 Å². The van der Waals surface area contributed by atoms with E-state index in [1.165, 1.54) is 52.4 Å². The van der Waals surface area contributed by atoms with Gasteiger partial charge in [-0.15, -0.1) is 21.5 Å². The van der Waals surface area contributed by atoms with E-state index in [1.54, 1.807) is 11.6 Å². The van der Waals surface area contributed by atoms with Crippen LogP contribution in [-0.2, 0) is 18.4 Å². The number of aromatic nitrogens is 4. The van der Waals surface area contributed by atoms with Crippen molar-refractivity contribution in [3.63, 3.8) is 0 Å². The summed E-state index contributed by atoms with van der Waals surface area (Å²) in [7, 11) is 1.78. The third-order valence-electron chi connectivity index (χ3n) is 5.07. The van der Waals surface area contributed by atoms with E-state index in [2.05, 4.69) is 46.5 Å². The van der Waals surface area contributed by atoms with Gasteiger partial charge in [0.2, 0.25) is 5.91 Å². The summed E-state index contributed by atoms with van der Waals surface area (Å²) in [5.74, 6) is 0.434. The summed E-state index contributed by atoms with van der Waals surface area (Å²) in [4.78, 5) is 17.0. The number of benzene rings is 2. The van der Waals surface area contributed by atoms with Crippen molar-refractivity contribution in [2.24, 2.45) is 7.05 Å². The zero-order valence-electron chi connectivity index (χ0n) is 18.6. The van der Waals surface area contributed by atoms with Crippen LogP contribution in [0.1, 0.15) is 17.0 Å². The number of hydrogen-bond donors (Lipinski definition) is 1. The number of thioether (sulfide) groups is 1. The first-order valence-electron chi connectivity index (χ1n) is 10.2. The topological polar surface area (TPSA) is 81.9 Å². The molecule has 1 amide bonds. The molecule has 7 nitrogen and oxygen atoms in total. The third-order valence-corrected chi connectivity index (χ3v) is 7.14. The van der Waals surface area contributed by atoms with Crippen LogP contribution in [0.4, 0.5) is 9.52 Å². The number of halogens is 2. The van der Waals surface area contributed by atoms with Crippen molar-refractivity contribution in [3.8, 4) is 17.0 Å². The average Bonchev–Trinajstić information content (AvgIpc) is 3.41. The Balaban J connectivity index is 1.30. The highest BCUT2D eigenvalue weighted by atomic mass is 35.5. The number of ether oxygens (including phenoxy) is 1. The molecule has 0 saturated heterocycles. The maximum absolute atomic E-state index is 13.3. The normalized spacial score (nSPS) is 11.0. The van der Waals surface area contributed by atoms with Crippen molar-refractivity contribution in [2.75, 3.05) is 11.1 Å². The molecule has 0 atom stereocenters. The fraction of sp³-hybridized carbons (Fsp3) is 0.217. The van der Waals surface area contributed by atoms with Crippen LogP contribution < -0.4 is 10.1 Å².